The van der Waals surface area contributed by atoms with E-state index in [9.17, 15) is 4.79 Å². The molecule has 3 aliphatic rings. The van der Waals surface area contributed by atoms with E-state index in [1.807, 2.05) is 29.2 Å². The molecule has 4 rings (SSSR count). The van der Waals surface area contributed by atoms with Gasteiger partial charge >= 0.3 is 0 Å². The van der Waals surface area contributed by atoms with Gasteiger partial charge in [-0.15, -0.1) is 0 Å². The molecule has 5 heteroatoms. The molecule has 0 spiro atoms. The summed E-state index contributed by atoms with van der Waals surface area (Å²) in [5, 5.41) is 3.41. The number of benzene rings is 1. The van der Waals surface area contributed by atoms with Crippen molar-refractivity contribution in [2.24, 2.45) is 11.8 Å². The highest BCUT2D eigenvalue weighted by molar-refractivity contribution is 5.94. The first-order valence-electron chi connectivity index (χ1n) is 8.64. The molecule has 5 nitrogen and oxygen atoms in total. The first-order chi connectivity index (χ1) is 11.3. The lowest BCUT2D eigenvalue weighted by atomic mass is 10.0. The molecule has 124 valence electrons. The zero-order chi connectivity index (χ0) is 15.6. The number of fused-ring (bicyclic) bond motifs is 1. The summed E-state index contributed by atoms with van der Waals surface area (Å²) < 4.78 is 11.4. The van der Waals surface area contributed by atoms with Gasteiger partial charge in [0.15, 0.2) is 0 Å². The lowest BCUT2D eigenvalue weighted by molar-refractivity contribution is 0.0678. The van der Waals surface area contributed by atoms with Gasteiger partial charge in [-0.2, -0.15) is 0 Å². The molecule has 0 aliphatic carbocycles. The third-order valence-corrected chi connectivity index (χ3v) is 5.22. The Hall–Kier alpha value is -1.59. The third-order valence-electron chi connectivity index (χ3n) is 5.22. The summed E-state index contributed by atoms with van der Waals surface area (Å²) in [5.41, 5.74) is 0.725. The van der Waals surface area contributed by atoms with Crippen molar-refractivity contribution < 1.29 is 14.3 Å². The van der Waals surface area contributed by atoms with E-state index in [1.165, 1.54) is 0 Å². The SMILES string of the molecule is O=C(c1cccc(OCC2CCCO2)c1)N1C[C@H]2CNC[C@H]2C1. The fraction of sp³-hybridized carbons (Fsp3) is 0.611. The van der Waals surface area contributed by atoms with Crippen LogP contribution in [0, 0.1) is 11.8 Å². The fourth-order valence-corrected chi connectivity index (χ4v) is 3.89. The number of nitrogens with one attached hydrogen (secondary N) is 1. The first kappa shape index (κ1) is 15.0. The zero-order valence-corrected chi connectivity index (χ0v) is 13.4. The second kappa shape index (κ2) is 6.49. The molecule has 0 radical (unpaired) electrons. The monoisotopic (exact) mass is 316 g/mol. The minimum Gasteiger partial charge on any atom is -0.491 e. The Morgan fingerprint density at radius 2 is 2.13 bits per heavy atom. The molecule has 1 aromatic rings. The van der Waals surface area contributed by atoms with Crippen LogP contribution in [0.4, 0.5) is 0 Å². The first-order valence-corrected chi connectivity index (χ1v) is 8.64. The average molecular weight is 316 g/mol. The number of carbonyl (C=O) groups is 1. The molecular weight excluding hydrogens is 292 g/mol. The van der Waals surface area contributed by atoms with Crippen LogP contribution in [0.25, 0.3) is 0 Å². The van der Waals surface area contributed by atoms with Crippen LogP contribution in [-0.2, 0) is 4.74 Å². The minimum absolute atomic E-state index is 0.127. The van der Waals surface area contributed by atoms with Gasteiger partial charge in [0.25, 0.3) is 5.91 Å². The number of carbonyl (C=O) groups excluding carboxylic acids is 1. The highest BCUT2D eigenvalue weighted by Crippen LogP contribution is 2.28. The maximum absolute atomic E-state index is 12.7. The van der Waals surface area contributed by atoms with E-state index in [2.05, 4.69) is 5.32 Å². The van der Waals surface area contributed by atoms with Crippen LogP contribution >= 0.6 is 0 Å². The normalized spacial score (nSPS) is 29.7. The predicted octanol–water partition coefficient (Wildman–Crippen LogP) is 1.54. The summed E-state index contributed by atoms with van der Waals surface area (Å²) in [7, 11) is 0. The quantitative estimate of drug-likeness (QED) is 0.915. The number of hydrogen-bond donors (Lipinski definition) is 1. The van der Waals surface area contributed by atoms with E-state index in [1.54, 1.807) is 0 Å². The Balaban J connectivity index is 1.38. The maximum Gasteiger partial charge on any atom is 0.254 e. The van der Waals surface area contributed by atoms with Gasteiger partial charge in [0.2, 0.25) is 0 Å². The van der Waals surface area contributed by atoms with Gasteiger partial charge < -0.3 is 19.7 Å². The van der Waals surface area contributed by atoms with Crippen molar-refractivity contribution in [1.82, 2.24) is 10.2 Å². The summed E-state index contributed by atoms with van der Waals surface area (Å²) in [5.74, 6) is 2.13. The number of nitrogens with zero attached hydrogens (tertiary/aromatic N) is 1. The van der Waals surface area contributed by atoms with Crippen molar-refractivity contribution in [2.75, 3.05) is 39.4 Å². The second-order valence-electron chi connectivity index (χ2n) is 6.86. The molecular formula is C18H24N2O3. The summed E-state index contributed by atoms with van der Waals surface area (Å²) in [6.45, 7) is 5.23. The average Bonchev–Trinajstić information content (AvgIpc) is 3.29. The fourth-order valence-electron chi connectivity index (χ4n) is 3.89. The summed E-state index contributed by atoms with van der Waals surface area (Å²) in [6, 6.07) is 7.56. The highest BCUT2D eigenvalue weighted by atomic mass is 16.5. The smallest absolute Gasteiger partial charge is 0.254 e. The molecule has 3 saturated heterocycles. The molecule has 3 heterocycles. The van der Waals surface area contributed by atoms with Gasteiger partial charge in [0.1, 0.15) is 12.4 Å². The van der Waals surface area contributed by atoms with E-state index in [-0.39, 0.29) is 12.0 Å². The van der Waals surface area contributed by atoms with Gasteiger partial charge in [-0.1, -0.05) is 6.07 Å². The summed E-state index contributed by atoms with van der Waals surface area (Å²) >= 11 is 0. The van der Waals surface area contributed by atoms with Gasteiger partial charge in [-0.25, -0.2) is 0 Å². The number of ether oxygens (including phenoxy) is 2. The van der Waals surface area contributed by atoms with Crippen molar-refractivity contribution in [3.63, 3.8) is 0 Å². The Bertz CT molecular complexity index is 559. The summed E-state index contributed by atoms with van der Waals surface area (Å²) in [6.07, 6.45) is 2.36. The van der Waals surface area contributed by atoms with Gasteiger partial charge in [0, 0.05) is 38.3 Å². The van der Waals surface area contributed by atoms with E-state index >= 15 is 0 Å². The largest absolute Gasteiger partial charge is 0.491 e. The number of hydrogen-bond acceptors (Lipinski definition) is 4. The van der Waals surface area contributed by atoms with Gasteiger partial charge in [-0.3, -0.25) is 4.79 Å². The lowest BCUT2D eigenvalue weighted by Gasteiger charge is -2.18. The summed E-state index contributed by atoms with van der Waals surface area (Å²) in [4.78, 5) is 14.7. The molecule has 3 aliphatic heterocycles. The molecule has 0 aromatic heterocycles. The third kappa shape index (κ3) is 3.21. The molecule has 1 N–H and O–H groups in total. The molecule has 3 atom stereocenters. The van der Waals surface area contributed by atoms with Crippen LogP contribution in [0.15, 0.2) is 24.3 Å². The second-order valence-corrected chi connectivity index (χ2v) is 6.86. The van der Waals surface area contributed by atoms with Gasteiger partial charge in [-0.05, 0) is 42.9 Å². The Morgan fingerprint density at radius 3 is 2.87 bits per heavy atom. The minimum atomic E-state index is 0.127. The van der Waals surface area contributed by atoms with Crippen LogP contribution in [-0.4, -0.2) is 56.3 Å². The standard InChI is InChI=1S/C18H24N2O3/c21-18(20-10-14-8-19-9-15(14)11-20)13-3-1-4-16(7-13)23-12-17-5-2-6-22-17/h1,3-4,7,14-15,17,19H,2,5-6,8-12H2/t14-,15+,17?. The van der Waals surface area contributed by atoms with Crippen molar-refractivity contribution in [2.45, 2.75) is 18.9 Å². The van der Waals surface area contributed by atoms with Crippen LogP contribution in [0.1, 0.15) is 23.2 Å². The topological polar surface area (TPSA) is 50.8 Å². The Labute approximate surface area is 136 Å². The lowest BCUT2D eigenvalue weighted by Crippen LogP contribution is -2.31. The molecule has 0 bridgehead atoms. The van der Waals surface area contributed by atoms with E-state index < -0.39 is 0 Å². The molecule has 3 fully saturated rings. The Kier molecular flexibility index (Phi) is 4.23. The van der Waals surface area contributed by atoms with Gasteiger partial charge in [0.05, 0.1) is 6.10 Å². The van der Waals surface area contributed by atoms with E-state index in [0.29, 0.717) is 18.4 Å². The molecule has 1 amide bonds. The maximum atomic E-state index is 12.7. The zero-order valence-electron chi connectivity index (χ0n) is 13.4. The molecule has 1 aromatic carbocycles. The number of likely N-dealkylation sites (tertiary alicyclic amines) is 1. The van der Waals surface area contributed by atoms with Crippen molar-refractivity contribution >= 4 is 5.91 Å². The Morgan fingerprint density at radius 1 is 1.30 bits per heavy atom. The van der Waals surface area contributed by atoms with Crippen LogP contribution < -0.4 is 10.1 Å². The van der Waals surface area contributed by atoms with Crippen LogP contribution in [0.2, 0.25) is 0 Å². The van der Waals surface area contributed by atoms with Crippen molar-refractivity contribution in [1.29, 1.82) is 0 Å². The predicted molar refractivity (Wildman–Crippen MR) is 86.7 cm³/mol. The number of rotatable bonds is 4. The van der Waals surface area contributed by atoms with Crippen molar-refractivity contribution in [3.05, 3.63) is 29.8 Å². The van der Waals surface area contributed by atoms with Crippen LogP contribution in [0.3, 0.4) is 0 Å². The van der Waals surface area contributed by atoms with E-state index in [0.717, 1.165) is 56.9 Å². The number of amides is 1. The molecule has 1 unspecified atom stereocenters. The molecule has 23 heavy (non-hydrogen) atoms. The van der Waals surface area contributed by atoms with E-state index in [4.69, 9.17) is 9.47 Å². The van der Waals surface area contributed by atoms with Crippen molar-refractivity contribution in [3.8, 4) is 5.75 Å². The highest BCUT2D eigenvalue weighted by Gasteiger charge is 2.38. The molecule has 0 saturated carbocycles. The van der Waals surface area contributed by atoms with Crippen LogP contribution in [0.5, 0.6) is 5.75 Å².